The van der Waals surface area contributed by atoms with Crippen molar-refractivity contribution in [2.24, 2.45) is 0 Å². The van der Waals surface area contributed by atoms with Crippen molar-refractivity contribution in [2.75, 3.05) is 31.2 Å². The van der Waals surface area contributed by atoms with Crippen LogP contribution in [0.4, 0.5) is 5.69 Å². The summed E-state index contributed by atoms with van der Waals surface area (Å²) in [5.41, 5.74) is 2.48. The molecule has 2 heterocycles. The van der Waals surface area contributed by atoms with E-state index in [0.29, 0.717) is 30.5 Å². The first-order valence-corrected chi connectivity index (χ1v) is 11.7. The maximum absolute atomic E-state index is 13.1. The molecule has 31 heavy (non-hydrogen) atoms. The van der Waals surface area contributed by atoms with Gasteiger partial charge in [-0.15, -0.1) is 0 Å². The summed E-state index contributed by atoms with van der Waals surface area (Å²) in [5, 5.41) is 10.7. The SMILES string of the molecule is CCOc1ccc(N2CSC3=C(C#N)C(c4cc(Br)ccc4OC)CC(=O)N3C2)cc1. The molecule has 1 amide bonds. The highest BCUT2D eigenvalue weighted by molar-refractivity contribution is 9.10. The molecule has 0 radical (unpaired) electrons. The predicted octanol–water partition coefficient (Wildman–Crippen LogP) is 5.08. The van der Waals surface area contributed by atoms with Crippen molar-refractivity contribution in [1.82, 2.24) is 4.90 Å². The molecule has 1 fully saturated rings. The van der Waals surface area contributed by atoms with Gasteiger partial charge in [0.05, 0.1) is 42.9 Å². The van der Waals surface area contributed by atoms with E-state index in [1.54, 1.807) is 12.0 Å². The third-order valence-corrected chi connectivity index (χ3v) is 7.02. The van der Waals surface area contributed by atoms with E-state index in [0.717, 1.165) is 26.5 Å². The molecule has 2 aliphatic heterocycles. The number of halogens is 1. The fourth-order valence-corrected chi connectivity index (χ4v) is 5.44. The maximum Gasteiger partial charge on any atom is 0.229 e. The number of anilines is 1. The number of carbonyl (C=O) groups is 1. The topological polar surface area (TPSA) is 65.8 Å². The standard InChI is InChI=1S/C23H22BrN3O3S/c1-3-30-17-7-5-16(6-8-17)26-13-27-22(28)11-18(20(12-25)23(27)31-14-26)19-10-15(24)4-9-21(19)29-2/h4-10,18H,3,11,13-14H2,1-2H3. The number of carbonyl (C=O) groups excluding carboxylic acids is 1. The van der Waals surface area contributed by atoms with Crippen molar-refractivity contribution in [3.63, 3.8) is 0 Å². The van der Waals surface area contributed by atoms with Crippen LogP contribution in [0.15, 0.2) is 57.5 Å². The molecule has 1 unspecified atom stereocenters. The van der Waals surface area contributed by atoms with Crippen molar-refractivity contribution in [3.05, 3.63) is 63.1 Å². The molecule has 2 aromatic rings. The molecule has 1 saturated heterocycles. The van der Waals surface area contributed by atoms with Gasteiger partial charge in [-0.25, -0.2) is 0 Å². The van der Waals surface area contributed by atoms with Crippen LogP contribution in [0.2, 0.25) is 0 Å². The second-order valence-corrected chi connectivity index (χ2v) is 9.03. The number of hydrogen-bond donors (Lipinski definition) is 0. The lowest BCUT2D eigenvalue weighted by atomic mass is 9.86. The molecule has 1 atom stereocenters. The number of hydrogen-bond acceptors (Lipinski definition) is 6. The number of benzene rings is 2. The minimum Gasteiger partial charge on any atom is -0.496 e. The average Bonchev–Trinajstić information content (AvgIpc) is 2.79. The number of fused-ring (bicyclic) bond motifs is 1. The summed E-state index contributed by atoms with van der Waals surface area (Å²) in [6, 6.07) is 15.9. The Bertz CT molecular complexity index is 1060. The fraction of sp³-hybridized carbons (Fsp3) is 0.304. The smallest absolute Gasteiger partial charge is 0.229 e. The summed E-state index contributed by atoms with van der Waals surface area (Å²) in [6.45, 7) is 2.99. The fourth-order valence-electron chi connectivity index (χ4n) is 3.89. The zero-order valence-electron chi connectivity index (χ0n) is 17.3. The van der Waals surface area contributed by atoms with Gasteiger partial charge in [0.15, 0.2) is 0 Å². The first-order valence-electron chi connectivity index (χ1n) is 9.94. The van der Waals surface area contributed by atoms with Crippen LogP contribution < -0.4 is 14.4 Å². The highest BCUT2D eigenvalue weighted by Crippen LogP contribution is 2.45. The van der Waals surface area contributed by atoms with Crippen LogP contribution in [-0.4, -0.2) is 37.1 Å². The molecule has 0 spiro atoms. The summed E-state index contributed by atoms with van der Waals surface area (Å²) in [6.07, 6.45) is 0.233. The van der Waals surface area contributed by atoms with Gasteiger partial charge in [-0.2, -0.15) is 5.26 Å². The second kappa shape index (κ2) is 9.25. The van der Waals surface area contributed by atoms with E-state index in [4.69, 9.17) is 9.47 Å². The number of rotatable bonds is 5. The molecule has 0 saturated carbocycles. The molecule has 160 valence electrons. The van der Waals surface area contributed by atoms with Gasteiger partial charge in [0.2, 0.25) is 5.91 Å². The summed E-state index contributed by atoms with van der Waals surface area (Å²) >= 11 is 5.02. The van der Waals surface area contributed by atoms with Gasteiger partial charge in [0, 0.05) is 28.1 Å². The maximum atomic E-state index is 13.1. The Hall–Kier alpha value is -2.63. The van der Waals surface area contributed by atoms with Crippen LogP contribution >= 0.6 is 27.7 Å². The average molecular weight is 500 g/mol. The highest BCUT2D eigenvalue weighted by Gasteiger charge is 2.39. The van der Waals surface area contributed by atoms with Gasteiger partial charge in [0.1, 0.15) is 11.5 Å². The van der Waals surface area contributed by atoms with Gasteiger partial charge in [0.25, 0.3) is 0 Å². The molecule has 2 aliphatic rings. The van der Waals surface area contributed by atoms with Crippen molar-refractivity contribution >= 4 is 39.3 Å². The summed E-state index contributed by atoms with van der Waals surface area (Å²) in [4.78, 5) is 17.0. The van der Waals surface area contributed by atoms with E-state index in [1.807, 2.05) is 49.4 Å². The Balaban J connectivity index is 1.64. The normalized spacial score (nSPS) is 18.5. The molecule has 0 aliphatic carbocycles. The van der Waals surface area contributed by atoms with E-state index >= 15 is 0 Å². The van der Waals surface area contributed by atoms with Gasteiger partial charge in [-0.1, -0.05) is 27.7 Å². The summed E-state index contributed by atoms with van der Waals surface area (Å²) < 4.78 is 11.9. The van der Waals surface area contributed by atoms with E-state index in [-0.39, 0.29) is 18.2 Å². The van der Waals surface area contributed by atoms with Gasteiger partial charge in [-0.3, -0.25) is 9.69 Å². The van der Waals surface area contributed by atoms with Crippen LogP contribution in [0.5, 0.6) is 11.5 Å². The molecule has 4 rings (SSSR count). The van der Waals surface area contributed by atoms with Crippen molar-refractivity contribution < 1.29 is 14.3 Å². The number of allylic oxidation sites excluding steroid dienone is 1. The summed E-state index contributed by atoms with van der Waals surface area (Å²) in [5.74, 6) is 1.84. The van der Waals surface area contributed by atoms with Gasteiger partial charge in [-0.05, 0) is 49.4 Å². The Kier molecular flexibility index (Phi) is 6.44. The molecular weight excluding hydrogens is 478 g/mol. The number of nitrogens with zero attached hydrogens (tertiary/aromatic N) is 3. The number of thioether (sulfide) groups is 1. The van der Waals surface area contributed by atoms with E-state index in [1.165, 1.54) is 11.8 Å². The first kappa shape index (κ1) is 21.6. The van der Waals surface area contributed by atoms with Gasteiger partial charge < -0.3 is 14.4 Å². The van der Waals surface area contributed by atoms with Crippen molar-refractivity contribution in [1.29, 1.82) is 5.26 Å². The lowest BCUT2D eigenvalue weighted by molar-refractivity contribution is -0.129. The lowest BCUT2D eigenvalue weighted by Gasteiger charge is -2.42. The van der Waals surface area contributed by atoms with E-state index in [2.05, 4.69) is 26.9 Å². The Morgan fingerprint density at radius 2 is 2.03 bits per heavy atom. The minimum absolute atomic E-state index is 0.00386. The third kappa shape index (κ3) is 4.25. The number of ether oxygens (including phenoxy) is 2. The third-order valence-electron chi connectivity index (χ3n) is 5.37. The second-order valence-electron chi connectivity index (χ2n) is 7.18. The molecule has 0 aromatic heterocycles. The largest absolute Gasteiger partial charge is 0.496 e. The molecule has 0 bridgehead atoms. The molecule has 0 N–H and O–H groups in total. The Morgan fingerprint density at radius 1 is 1.26 bits per heavy atom. The Labute approximate surface area is 194 Å². The minimum atomic E-state index is -0.319. The number of nitriles is 1. The molecule has 6 nitrogen and oxygen atoms in total. The number of methoxy groups -OCH3 is 1. The predicted molar refractivity (Wildman–Crippen MR) is 125 cm³/mol. The van der Waals surface area contributed by atoms with Crippen molar-refractivity contribution in [3.8, 4) is 17.6 Å². The van der Waals surface area contributed by atoms with E-state index in [9.17, 15) is 10.1 Å². The molecule has 2 aromatic carbocycles. The quantitative estimate of drug-likeness (QED) is 0.571. The lowest BCUT2D eigenvalue weighted by Crippen LogP contribution is -2.47. The molecule has 8 heteroatoms. The first-order chi connectivity index (χ1) is 15.0. The zero-order valence-corrected chi connectivity index (χ0v) is 19.7. The number of amides is 1. The molecular formula is C23H22BrN3O3S. The van der Waals surface area contributed by atoms with E-state index < -0.39 is 0 Å². The van der Waals surface area contributed by atoms with Crippen LogP contribution in [0.3, 0.4) is 0 Å². The van der Waals surface area contributed by atoms with Gasteiger partial charge >= 0.3 is 0 Å². The van der Waals surface area contributed by atoms with Crippen molar-refractivity contribution in [2.45, 2.75) is 19.3 Å². The monoisotopic (exact) mass is 499 g/mol. The zero-order chi connectivity index (χ0) is 22.0. The Morgan fingerprint density at radius 3 is 2.71 bits per heavy atom. The highest BCUT2D eigenvalue weighted by atomic mass is 79.9. The van der Waals surface area contributed by atoms with Crippen LogP contribution in [0, 0.1) is 11.3 Å². The van der Waals surface area contributed by atoms with Crippen LogP contribution in [0.1, 0.15) is 24.8 Å². The van der Waals surface area contributed by atoms with Crippen LogP contribution in [-0.2, 0) is 4.79 Å². The van der Waals surface area contributed by atoms with Crippen LogP contribution in [0.25, 0.3) is 0 Å². The summed E-state index contributed by atoms with van der Waals surface area (Å²) in [7, 11) is 1.60.